The quantitative estimate of drug-likeness (QED) is 0.809. The van der Waals surface area contributed by atoms with E-state index < -0.39 is 0 Å². The zero-order valence-corrected chi connectivity index (χ0v) is 13.1. The second-order valence-electron chi connectivity index (χ2n) is 6.82. The monoisotopic (exact) mass is 285 g/mol. The van der Waals surface area contributed by atoms with E-state index >= 15 is 0 Å². The van der Waals surface area contributed by atoms with Crippen molar-refractivity contribution < 1.29 is 14.6 Å². The first-order chi connectivity index (χ1) is 9.63. The number of rotatable bonds is 6. The lowest BCUT2D eigenvalue weighted by Crippen LogP contribution is -2.37. The van der Waals surface area contributed by atoms with Gasteiger partial charge in [-0.25, -0.2) is 0 Å². The van der Waals surface area contributed by atoms with Crippen molar-refractivity contribution in [2.75, 3.05) is 39.5 Å². The molecule has 0 aromatic rings. The molecule has 0 radical (unpaired) electrons. The van der Waals surface area contributed by atoms with Crippen molar-refractivity contribution in [3.63, 3.8) is 0 Å². The Balaban J connectivity index is 1.61. The summed E-state index contributed by atoms with van der Waals surface area (Å²) in [6, 6.07) is 0. The summed E-state index contributed by atoms with van der Waals surface area (Å²) < 4.78 is 11.1. The maximum Gasteiger partial charge on any atom is 0.0900 e. The molecule has 2 unspecified atom stereocenters. The fraction of sp³-hybridized carbons (Fsp3) is 1.00. The molecule has 0 saturated carbocycles. The Morgan fingerprint density at radius 1 is 1.30 bits per heavy atom. The van der Waals surface area contributed by atoms with Gasteiger partial charge >= 0.3 is 0 Å². The van der Waals surface area contributed by atoms with Crippen LogP contribution >= 0.6 is 0 Å². The number of aliphatic hydroxyl groups excluding tert-OH is 1. The molecule has 0 bridgehead atoms. The summed E-state index contributed by atoms with van der Waals surface area (Å²) in [5.41, 5.74) is 0. The van der Waals surface area contributed by atoms with Gasteiger partial charge in [-0.1, -0.05) is 13.8 Å². The SMILES string of the molecule is C[C@@H]1CCN(CC(O)COCC2CCCO2)C[C@H](C)C1. The number of nitrogens with zero attached hydrogens (tertiary/aromatic N) is 1. The maximum atomic E-state index is 10.1. The van der Waals surface area contributed by atoms with Gasteiger partial charge in [-0.2, -0.15) is 0 Å². The third-order valence-corrected chi connectivity index (χ3v) is 4.42. The summed E-state index contributed by atoms with van der Waals surface area (Å²) in [7, 11) is 0. The molecule has 2 fully saturated rings. The number of hydrogen-bond donors (Lipinski definition) is 1. The molecular weight excluding hydrogens is 254 g/mol. The fourth-order valence-electron chi connectivity index (χ4n) is 3.44. The minimum Gasteiger partial charge on any atom is -0.389 e. The number of likely N-dealkylation sites (tertiary alicyclic amines) is 1. The van der Waals surface area contributed by atoms with Gasteiger partial charge in [0.2, 0.25) is 0 Å². The highest BCUT2D eigenvalue weighted by atomic mass is 16.5. The van der Waals surface area contributed by atoms with Crippen LogP contribution in [0.15, 0.2) is 0 Å². The van der Waals surface area contributed by atoms with Crippen LogP contribution < -0.4 is 0 Å². The van der Waals surface area contributed by atoms with Crippen molar-refractivity contribution in [3.05, 3.63) is 0 Å². The molecule has 4 heteroatoms. The van der Waals surface area contributed by atoms with E-state index in [1.54, 1.807) is 0 Å². The van der Waals surface area contributed by atoms with Gasteiger partial charge in [0.1, 0.15) is 0 Å². The summed E-state index contributed by atoms with van der Waals surface area (Å²) in [5, 5.41) is 10.1. The number of hydrogen-bond acceptors (Lipinski definition) is 4. The molecule has 0 aromatic carbocycles. The molecular formula is C16H31NO3. The Kier molecular flexibility index (Phi) is 6.75. The lowest BCUT2D eigenvalue weighted by Gasteiger charge is -2.25. The molecule has 2 heterocycles. The number of aliphatic hydroxyl groups is 1. The molecule has 4 atom stereocenters. The molecule has 20 heavy (non-hydrogen) atoms. The van der Waals surface area contributed by atoms with Crippen molar-refractivity contribution in [1.29, 1.82) is 0 Å². The summed E-state index contributed by atoms with van der Waals surface area (Å²) in [6.45, 7) is 9.52. The van der Waals surface area contributed by atoms with E-state index in [1.165, 1.54) is 12.8 Å². The smallest absolute Gasteiger partial charge is 0.0900 e. The average Bonchev–Trinajstić information content (AvgIpc) is 2.83. The normalized spacial score (nSPS) is 34.0. The molecule has 0 spiro atoms. The second-order valence-corrected chi connectivity index (χ2v) is 6.82. The first-order valence-corrected chi connectivity index (χ1v) is 8.23. The molecule has 4 nitrogen and oxygen atoms in total. The van der Waals surface area contributed by atoms with Gasteiger partial charge in [-0.3, -0.25) is 0 Å². The minimum absolute atomic E-state index is 0.251. The zero-order valence-electron chi connectivity index (χ0n) is 13.1. The van der Waals surface area contributed by atoms with E-state index in [2.05, 4.69) is 18.7 Å². The molecule has 1 N–H and O–H groups in total. The molecule has 2 saturated heterocycles. The topological polar surface area (TPSA) is 41.9 Å². The number of β-amino-alcohol motifs (C(OH)–C–C–N with tert-alkyl or cyclic N) is 1. The Bertz CT molecular complexity index is 268. The van der Waals surface area contributed by atoms with Gasteiger partial charge < -0.3 is 19.5 Å². The van der Waals surface area contributed by atoms with Gasteiger partial charge in [0.25, 0.3) is 0 Å². The highest BCUT2D eigenvalue weighted by Gasteiger charge is 2.21. The molecule has 0 aromatic heterocycles. The fourth-order valence-corrected chi connectivity index (χ4v) is 3.44. The summed E-state index contributed by atoms with van der Waals surface area (Å²) in [4.78, 5) is 2.40. The number of ether oxygens (including phenoxy) is 2. The Morgan fingerprint density at radius 2 is 2.15 bits per heavy atom. The van der Waals surface area contributed by atoms with Crippen molar-refractivity contribution in [3.8, 4) is 0 Å². The predicted octanol–water partition coefficient (Wildman–Crippen LogP) is 1.91. The van der Waals surface area contributed by atoms with Crippen molar-refractivity contribution in [2.45, 2.75) is 51.7 Å². The third-order valence-electron chi connectivity index (χ3n) is 4.42. The largest absolute Gasteiger partial charge is 0.389 e. The van der Waals surface area contributed by atoms with Gasteiger partial charge in [0.05, 0.1) is 25.4 Å². The van der Waals surface area contributed by atoms with Crippen LogP contribution in [0.3, 0.4) is 0 Å². The second kappa shape index (κ2) is 8.32. The Labute approximate surface area is 123 Å². The lowest BCUT2D eigenvalue weighted by atomic mass is 9.97. The van der Waals surface area contributed by atoms with E-state index in [1.807, 2.05) is 0 Å². The molecule has 0 aliphatic carbocycles. The third kappa shape index (κ3) is 5.68. The van der Waals surface area contributed by atoms with Crippen LogP contribution in [0.4, 0.5) is 0 Å². The molecule has 2 aliphatic heterocycles. The van der Waals surface area contributed by atoms with Crippen LogP contribution in [-0.4, -0.2) is 61.7 Å². The molecule has 118 valence electrons. The van der Waals surface area contributed by atoms with E-state index in [-0.39, 0.29) is 12.2 Å². The van der Waals surface area contributed by atoms with Crippen LogP contribution in [0.5, 0.6) is 0 Å². The first-order valence-electron chi connectivity index (χ1n) is 8.23. The van der Waals surface area contributed by atoms with E-state index in [0.717, 1.165) is 50.9 Å². The van der Waals surface area contributed by atoms with E-state index in [9.17, 15) is 5.11 Å². The molecule has 2 rings (SSSR count). The van der Waals surface area contributed by atoms with Crippen LogP contribution in [0.1, 0.15) is 39.5 Å². The van der Waals surface area contributed by atoms with Crippen LogP contribution in [-0.2, 0) is 9.47 Å². The summed E-state index contributed by atoms with van der Waals surface area (Å²) in [5.74, 6) is 1.54. The molecule has 2 aliphatic rings. The zero-order chi connectivity index (χ0) is 14.4. The summed E-state index contributed by atoms with van der Waals surface area (Å²) in [6.07, 6.45) is 4.66. The van der Waals surface area contributed by atoms with Gasteiger partial charge in [-0.05, 0) is 44.1 Å². The highest BCUT2D eigenvalue weighted by Crippen LogP contribution is 2.21. The van der Waals surface area contributed by atoms with E-state index in [4.69, 9.17) is 9.47 Å². The van der Waals surface area contributed by atoms with Gasteiger partial charge in [0.15, 0.2) is 0 Å². The van der Waals surface area contributed by atoms with Gasteiger partial charge in [-0.15, -0.1) is 0 Å². The van der Waals surface area contributed by atoms with Crippen LogP contribution in [0.25, 0.3) is 0 Å². The maximum absolute atomic E-state index is 10.1. The molecule has 0 amide bonds. The van der Waals surface area contributed by atoms with Crippen LogP contribution in [0, 0.1) is 11.8 Å². The average molecular weight is 285 g/mol. The standard InChI is InChI=1S/C16H31NO3/c1-13-5-6-17(9-14(2)8-13)10-15(18)11-19-12-16-4-3-7-20-16/h13-16,18H,3-12H2,1-2H3/t13-,14-,15?,16?/m1/s1. The first kappa shape index (κ1) is 16.2. The van der Waals surface area contributed by atoms with E-state index in [0.29, 0.717) is 13.2 Å². The van der Waals surface area contributed by atoms with Crippen molar-refractivity contribution in [2.24, 2.45) is 11.8 Å². The van der Waals surface area contributed by atoms with Crippen molar-refractivity contribution in [1.82, 2.24) is 4.90 Å². The van der Waals surface area contributed by atoms with Crippen LogP contribution in [0.2, 0.25) is 0 Å². The highest BCUT2D eigenvalue weighted by molar-refractivity contribution is 4.74. The minimum atomic E-state index is -0.378. The Hall–Kier alpha value is -0.160. The van der Waals surface area contributed by atoms with Gasteiger partial charge in [0, 0.05) is 19.7 Å². The summed E-state index contributed by atoms with van der Waals surface area (Å²) >= 11 is 0. The predicted molar refractivity (Wildman–Crippen MR) is 79.8 cm³/mol. The lowest BCUT2D eigenvalue weighted by molar-refractivity contribution is -0.0255. The Morgan fingerprint density at radius 3 is 2.90 bits per heavy atom. The van der Waals surface area contributed by atoms with Crippen molar-refractivity contribution >= 4 is 0 Å².